The summed E-state index contributed by atoms with van der Waals surface area (Å²) in [7, 11) is -2.95. The molecule has 1 atom stereocenters. The third kappa shape index (κ3) is 5.03. The van der Waals surface area contributed by atoms with Crippen molar-refractivity contribution in [1.82, 2.24) is 15.1 Å². The van der Waals surface area contributed by atoms with Gasteiger partial charge in [-0.15, -0.1) is 0 Å². The number of carbonyl (C=O) groups excluding carboxylic acids is 1. The van der Waals surface area contributed by atoms with E-state index in [2.05, 4.69) is 39.4 Å². The molecule has 1 N–H and O–H groups in total. The predicted octanol–water partition coefficient (Wildman–Crippen LogP) is 0.108. The lowest BCUT2D eigenvalue weighted by molar-refractivity contribution is -0.123. The maximum Gasteiger partial charge on any atom is 0.234 e. The number of sulfone groups is 1. The lowest BCUT2D eigenvalue weighted by atomic mass is 10.2. The molecule has 3 rings (SSSR count). The largest absolute Gasteiger partial charge is 0.351 e. The van der Waals surface area contributed by atoms with Crippen molar-refractivity contribution in [2.24, 2.45) is 0 Å². The smallest absolute Gasteiger partial charge is 0.234 e. The number of nitrogens with one attached hydrogen (secondary N) is 1. The molecule has 2 aliphatic rings. The fraction of sp³-hybridized carbons (Fsp3) is 0.588. The lowest BCUT2D eigenvalue weighted by Gasteiger charge is -2.34. The molecule has 0 aromatic heterocycles. The van der Waals surface area contributed by atoms with E-state index in [1.807, 2.05) is 6.07 Å². The van der Waals surface area contributed by atoms with Crippen LogP contribution >= 0.6 is 0 Å². The summed E-state index contributed by atoms with van der Waals surface area (Å²) in [6, 6.07) is 10.2. The third-order valence-electron chi connectivity index (χ3n) is 4.68. The first-order valence-corrected chi connectivity index (χ1v) is 10.3. The summed E-state index contributed by atoms with van der Waals surface area (Å²) in [4.78, 5) is 16.6. The molecule has 132 valence electrons. The Bertz CT molecular complexity index is 655. The van der Waals surface area contributed by atoms with Crippen molar-refractivity contribution < 1.29 is 13.2 Å². The van der Waals surface area contributed by atoms with Crippen LogP contribution in [0.15, 0.2) is 30.3 Å². The van der Waals surface area contributed by atoms with E-state index in [0.29, 0.717) is 13.0 Å². The van der Waals surface area contributed by atoms with Crippen molar-refractivity contribution in [1.29, 1.82) is 0 Å². The number of hydrogen-bond acceptors (Lipinski definition) is 5. The molecule has 1 aromatic carbocycles. The first kappa shape index (κ1) is 17.4. The average molecular weight is 351 g/mol. The quantitative estimate of drug-likeness (QED) is 0.815. The van der Waals surface area contributed by atoms with Gasteiger partial charge in [-0.05, 0) is 12.0 Å². The van der Waals surface area contributed by atoms with Crippen LogP contribution < -0.4 is 5.32 Å². The molecule has 2 saturated heterocycles. The van der Waals surface area contributed by atoms with Crippen molar-refractivity contribution in [3.63, 3.8) is 0 Å². The Balaban J connectivity index is 1.38. The summed E-state index contributed by atoms with van der Waals surface area (Å²) >= 11 is 0. The van der Waals surface area contributed by atoms with Gasteiger partial charge >= 0.3 is 0 Å². The Hall–Kier alpha value is -1.44. The third-order valence-corrected chi connectivity index (χ3v) is 6.45. The molecule has 6 nitrogen and oxygen atoms in total. The second-order valence-electron chi connectivity index (χ2n) is 6.71. The summed E-state index contributed by atoms with van der Waals surface area (Å²) in [5, 5.41) is 2.86. The molecule has 0 bridgehead atoms. The highest BCUT2D eigenvalue weighted by Crippen LogP contribution is 2.12. The minimum Gasteiger partial charge on any atom is -0.351 e. The molecule has 24 heavy (non-hydrogen) atoms. The highest BCUT2D eigenvalue weighted by molar-refractivity contribution is 7.91. The van der Waals surface area contributed by atoms with Crippen molar-refractivity contribution in [2.75, 3.05) is 44.2 Å². The molecule has 2 fully saturated rings. The molecular weight excluding hydrogens is 326 g/mol. The van der Waals surface area contributed by atoms with Crippen LogP contribution in [0, 0.1) is 0 Å². The van der Waals surface area contributed by atoms with Gasteiger partial charge in [0.25, 0.3) is 0 Å². The first-order chi connectivity index (χ1) is 11.5. The minimum absolute atomic E-state index is 0.0615. The maximum absolute atomic E-state index is 12.1. The minimum atomic E-state index is -2.95. The number of rotatable bonds is 5. The zero-order chi connectivity index (χ0) is 17.0. The molecule has 0 aliphatic carbocycles. The van der Waals surface area contributed by atoms with Crippen molar-refractivity contribution in [2.45, 2.75) is 19.0 Å². The summed E-state index contributed by atoms with van der Waals surface area (Å²) in [5.41, 5.74) is 1.31. The molecule has 0 spiro atoms. The fourth-order valence-corrected chi connectivity index (χ4v) is 5.01. The van der Waals surface area contributed by atoms with Crippen LogP contribution in [-0.4, -0.2) is 74.4 Å². The van der Waals surface area contributed by atoms with E-state index in [1.54, 1.807) is 0 Å². The standard InChI is InChI=1S/C17H25N3O3S/c21-17(18-16-6-11-24(22,23)14-16)13-20-9-7-19(8-10-20)12-15-4-2-1-3-5-15/h1-5,16H,6-14H2,(H,18,21)/t16-/m0/s1. The molecule has 0 saturated carbocycles. The molecule has 1 amide bonds. The number of amides is 1. The Labute approximate surface area is 143 Å². The highest BCUT2D eigenvalue weighted by atomic mass is 32.2. The zero-order valence-electron chi connectivity index (χ0n) is 13.9. The number of benzene rings is 1. The molecule has 0 radical (unpaired) electrons. The van der Waals surface area contributed by atoms with Crippen LogP contribution in [0.2, 0.25) is 0 Å². The van der Waals surface area contributed by atoms with Crippen LogP contribution in [0.1, 0.15) is 12.0 Å². The van der Waals surface area contributed by atoms with Crippen LogP contribution in [0.25, 0.3) is 0 Å². The number of carbonyl (C=O) groups is 1. The van der Waals surface area contributed by atoms with Gasteiger partial charge in [0.1, 0.15) is 0 Å². The van der Waals surface area contributed by atoms with Gasteiger partial charge in [-0.2, -0.15) is 0 Å². The SMILES string of the molecule is O=C(CN1CCN(Cc2ccccc2)CC1)N[C@H]1CCS(=O)(=O)C1. The van der Waals surface area contributed by atoms with Crippen LogP contribution in [-0.2, 0) is 21.2 Å². The molecule has 7 heteroatoms. The van der Waals surface area contributed by atoms with Gasteiger partial charge in [0.15, 0.2) is 9.84 Å². The Morgan fingerprint density at radius 2 is 1.75 bits per heavy atom. The second kappa shape index (κ2) is 7.63. The zero-order valence-corrected chi connectivity index (χ0v) is 14.7. The van der Waals surface area contributed by atoms with Gasteiger partial charge in [0.05, 0.1) is 18.1 Å². The van der Waals surface area contributed by atoms with E-state index < -0.39 is 9.84 Å². The topological polar surface area (TPSA) is 69.7 Å². The summed E-state index contributed by atoms with van der Waals surface area (Å²) < 4.78 is 22.9. The number of hydrogen-bond donors (Lipinski definition) is 1. The molecular formula is C17H25N3O3S. The van der Waals surface area contributed by atoms with Crippen LogP contribution in [0.5, 0.6) is 0 Å². The van der Waals surface area contributed by atoms with Gasteiger partial charge in [0.2, 0.25) is 5.91 Å². The molecule has 0 unspecified atom stereocenters. The number of nitrogens with zero attached hydrogens (tertiary/aromatic N) is 2. The Morgan fingerprint density at radius 3 is 2.38 bits per heavy atom. The van der Waals surface area contributed by atoms with Crippen molar-refractivity contribution in [3.05, 3.63) is 35.9 Å². The normalized spacial score (nSPS) is 24.8. The molecule has 2 heterocycles. The van der Waals surface area contributed by atoms with Gasteiger partial charge in [-0.25, -0.2) is 8.42 Å². The van der Waals surface area contributed by atoms with Crippen LogP contribution in [0.4, 0.5) is 0 Å². The van der Waals surface area contributed by atoms with E-state index in [4.69, 9.17) is 0 Å². The maximum atomic E-state index is 12.1. The summed E-state index contributed by atoms with van der Waals surface area (Å²) in [5.74, 6) is 0.216. The van der Waals surface area contributed by atoms with Crippen molar-refractivity contribution in [3.8, 4) is 0 Å². The van der Waals surface area contributed by atoms with E-state index >= 15 is 0 Å². The Morgan fingerprint density at radius 1 is 1.08 bits per heavy atom. The molecule has 2 aliphatic heterocycles. The van der Waals surface area contributed by atoms with Gasteiger partial charge < -0.3 is 5.32 Å². The van der Waals surface area contributed by atoms with Gasteiger partial charge in [0, 0.05) is 38.8 Å². The van der Waals surface area contributed by atoms with E-state index in [0.717, 1.165) is 32.7 Å². The predicted molar refractivity (Wildman–Crippen MR) is 93.4 cm³/mol. The lowest BCUT2D eigenvalue weighted by Crippen LogP contribution is -2.50. The fourth-order valence-electron chi connectivity index (χ4n) is 3.33. The number of piperazine rings is 1. The summed E-state index contributed by atoms with van der Waals surface area (Å²) in [6.45, 7) is 4.92. The highest BCUT2D eigenvalue weighted by Gasteiger charge is 2.29. The van der Waals surface area contributed by atoms with Gasteiger partial charge in [-0.1, -0.05) is 30.3 Å². The monoisotopic (exact) mass is 351 g/mol. The Kier molecular flexibility index (Phi) is 5.53. The van der Waals surface area contributed by atoms with E-state index in [-0.39, 0.29) is 23.5 Å². The van der Waals surface area contributed by atoms with Crippen molar-refractivity contribution >= 4 is 15.7 Å². The molecule has 1 aromatic rings. The van der Waals surface area contributed by atoms with Gasteiger partial charge in [-0.3, -0.25) is 14.6 Å². The average Bonchev–Trinajstić information content (AvgIpc) is 2.89. The van der Waals surface area contributed by atoms with E-state index in [9.17, 15) is 13.2 Å². The van der Waals surface area contributed by atoms with E-state index in [1.165, 1.54) is 5.56 Å². The van der Waals surface area contributed by atoms with Crippen LogP contribution in [0.3, 0.4) is 0 Å². The summed E-state index contributed by atoms with van der Waals surface area (Å²) in [6.07, 6.45) is 0.541. The second-order valence-corrected chi connectivity index (χ2v) is 8.93. The first-order valence-electron chi connectivity index (χ1n) is 8.49.